The van der Waals surface area contributed by atoms with Crippen molar-refractivity contribution < 1.29 is 24.2 Å². The van der Waals surface area contributed by atoms with E-state index in [0.717, 1.165) is 0 Å². The second-order valence-electron chi connectivity index (χ2n) is 4.07. The third-order valence-corrected chi connectivity index (χ3v) is 1.95. The number of carbonyl (C=O) groups excluding carboxylic acids is 2. The first-order valence-electron chi connectivity index (χ1n) is 5.54. The van der Waals surface area contributed by atoms with Gasteiger partial charge in [0.05, 0.1) is 6.61 Å². The summed E-state index contributed by atoms with van der Waals surface area (Å²) in [4.78, 5) is 33.2. The zero-order valence-electron chi connectivity index (χ0n) is 10.4. The third-order valence-electron chi connectivity index (χ3n) is 1.95. The van der Waals surface area contributed by atoms with Crippen molar-refractivity contribution in [3.63, 3.8) is 0 Å². The maximum Gasteiger partial charge on any atom is 0.326 e. The van der Waals surface area contributed by atoms with E-state index >= 15 is 0 Å². The quantitative estimate of drug-likeness (QED) is 0.505. The summed E-state index contributed by atoms with van der Waals surface area (Å²) < 4.78 is 4.59. The van der Waals surface area contributed by atoms with Gasteiger partial charge < -0.3 is 15.2 Å². The van der Waals surface area contributed by atoms with Gasteiger partial charge in [-0.15, -0.1) is 0 Å². The largest absolute Gasteiger partial charge is 0.480 e. The van der Waals surface area contributed by atoms with Crippen LogP contribution < -0.4 is 5.32 Å². The summed E-state index contributed by atoms with van der Waals surface area (Å²) in [5.74, 6) is -2.25. The molecule has 0 aromatic heterocycles. The number of carboxylic acids is 1. The molecule has 98 valence electrons. The molecule has 1 atom stereocenters. The normalized spacial score (nSPS) is 12.0. The molecule has 0 rings (SSSR count). The summed E-state index contributed by atoms with van der Waals surface area (Å²) in [5, 5.41) is 11.2. The number of amides is 1. The highest BCUT2D eigenvalue weighted by Crippen LogP contribution is 2.05. The SMILES string of the molecule is CCOC(=O)CC(=O)N[C@@H](CC(C)C)C(=O)O. The molecular weight excluding hydrogens is 226 g/mol. The molecule has 0 aliphatic carbocycles. The Morgan fingerprint density at radius 2 is 1.88 bits per heavy atom. The fourth-order valence-corrected chi connectivity index (χ4v) is 1.28. The molecule has 0 heterocycles. The Hall–Kier alpha value is -1.59. The fourth-order valence-electron chi connectivity index (χ4n) is 1.28. The van der Waals surface area contributed by atoms with Crippen molar-refractivity contribution in [2.75, 3.05) is 6.61 Å². The zero-order chi connectivity index (χ0) is 13.4. The summed E-state index contributed by atoms with van der Waals surface area (Å²) >= 11 is 0. The zero-order valence-corrected chi connectivity index (χ0v) is 10.4. The van der Waals surface area contributed by atoms with E-state index in [2.05, 4.69) is 10.1 Å². The lowest BCUT2D eigenvalue weighted by Crippen LogP contribution is -2.42. The minimum atomic E-state index is -1.10. The van der Waals surface area contributed by atoms with Gasteiger partial charge in [0, 0.05) is 0 Å². The number of aliphatic carboxylic acids is 1. The van der Waals surface area contributed by atoms with Gasteiger partial charge in [0.25, 0.3) is 0 Å². The second-order valence-corrected chi connectivity index (χ2v) is 4.07. The molecule has 0 saturated heterocycles. The van der Waals surface area contributed by atoms with Crippen molar-refractivity contribution >= 4 is 17.8 Å². The average molecular weight is 245 g/mol. The number of hydrogen-bond donors (Lipinski definition) is 2. The minimum absolute atomic E-state index is 0.138. The molecule has 1 amide bonds. The van der Waals surface area contributed by atoms with Gasteiger partial charge in [-0.2, -0.15) is 0 Å². The van der Waals surface area contributed by atoms with E-state index in [4.69, 9.17) is 5.11 Å². The predicted octanol–water partition coefficient (Wildman–Crippen LogP) is 0.555. The van der Waals surface area contributed by atoms with Gasteiger partial charge in [0.15, 0.2) is 0 Å². The number of esters is 1. The molecule has 6 heteroatoms. The highest BCUT2D eigenvalue weighted by molar-refractivity contribution is 5.95. The molecule has 0 aromatic rings. The number of hydrogen-bond acceptors (Lipinski definition) is 4. The van der Waals surface area contributed by atoms with Gasteiger partial charge in [-0.1, -0.05) is 13.8 Å². The number of rotatable bonds is 7. The van der Waals surface area contributed by atoms with E-state index < -0.39 is 30.3 Å². The second kappa shape index (κ2) is 7.65. The van der Waals surface area contributed by atoms with Crippen LogP contribution in [0.15, 0.2) is 0 Å². The molecule has 2 N–H and O–H groups in total. The first kappa shape index (κ1) is 15.4. The molecule has 0 saturated carbocycles. The molecule has 0 bridgehead atoms. The standard InChI is InChI=1S/C11H19NO5/c1-4-17-10(14)6-9(13)12-8(11(15)16)5-7(2)3/h7-8H,4-6H2,1-3H3,(H,12,13)(H,15,16)/t8-/m0/s1. The molecule has 0 unspecified atom stereocenters. The molecule has 17 heavy (non-hydrogen) atoms. The molecule has 0 fully saturated rings. The van der Waals surface area contributed by atoms with E-state index in [0.29, 0.717) is 6.42 Å². The van der Waals surface area contributed by atoms with E-state index in [1.165, 1.54) is 0 Å². The molecule has 0 aliphatic rings. The summed E-state index contributed by atoms with van der Waals surface area (Å²) in [5.41, 5.74) is 0. The maximum atomic E-state index is 11.3. The van der Waals surface area contributed by atoms with Gasteiger partial charge in [0.2, 0.25) is 5.91 Å². The van der Waals surface area contributed by atoms with Crippen LogP contribution in [0.4, 0.5) is 0 Å². The van der Waals surface area contributed by atoms with Crippen LogP contribution in [0.1, 0.15) is 33.6 Å². The Morgan fingerprint density at radius 3 is 2.29 bits per heavy atom. The molecule has 0 aliphatic heterocycles. The van der Waals surface area contributed by atoms with Crippen LogP contribution in [0.3, 0.4) is 0 Å². The molecule has 0 aromatic carbocycles. The van der Waals surface area contributed by atoms with Crippen molar-refractivity contribution in [1.29, 1.82) is 0 Å². The van der Waals surface area contributed by atoms with Gasteiger partial charge >= 0.3 is 11.9 Å². The Morgan fingerprint density at radius 1 is 1.29 bits per heavy atom. The highest BCUT2D eigenvalue weighted by atomic mass is 16.5. The average Bonchev–Trinajstić information content (AvgIpc) is 2.15. The monoisotopic (exact) mass is 245 g/mol. The highest BCUT2D eigenvalue weighted by Gasteiger charge is 2.22. The van der Waals surface area contributed by atoms with E-state index in [1.807, 2.05) is 13.8 Å². The van der Waals surface area contributed by atoms with Crippen molar-refractivity contribution in [3.8, 4) is 0 Å². The van der Waals surface area contributed by atoms with Crippen LogP contribution in [0.25, 0.3) is 0 Å². The smallest absolute Gasteiger partial charge is 0.326 e. The van der Waals surface area contributed by atoms with E-state index in [1.54, 1.807) is 6.92 Å². The van der Waals surface area contributed by atoms with E-state index in [9.17, 15) is 14.4 Å². The lowest BCUT2D eigenvalue weighted by atomic mass is 10.0. The number of carbonyl (C=O) groups is 3. The first-order valence-corrected chi connectivity index (χ1v) is 5.54. The van der Waals surface area contributed by atoms with Crippen molar-refractivity contribution in [2.24, 2.45) is 5.92 Å². The molecule has 0 spiro atoms. The lowest BCUT2D eigenvalue weighted by Gasteiger charge is -2.16. The van der Waals surface area contributed by atoms with Gasteiger partial charge in [-0.05, 0) is 19.3 Å². The van der Waals surface area contributed by atoms with Crippen molar-refractivity contribution in [1.82, 2.24) is 5.32 Å². The van der Waals surface area contributed by atoms with Crippen LogP contribution in [-0.2, 0) is 19.1 Å². The Kier molecular flexibility index (Phi) is 6.93. The first-order chi connectivity index (χ1) is 7.86. The Balaban J connectivity index is 4.21. The Labute approximate surface area is 100 Å². The third kappa shape index (κ3) is 7.32. The number of carboxylic acid groups (broad SMARTS) is 1. The van der Waals surface area contributed by atoms with Crippen LogP contribution in [0, 0.1) is 5.92 Å². The summed E-state index contributed by atoms with van der Waals surface area (Å²) in [6, 6.07) is -0.961. The van der Waals surface area contributed by atoms with Crippen LogP contribution in [0.5, 0.6) is 0 Å². The number of nitrogens with one attached hydrogen (secondary N) is 1. The topological polar surface area (TPSA) is 92.7 Å². The van der Waals surface area contributed by atoms with Crippen LogP contribution in [-0.4, -0.2) is 35.6 Å². The summed E-state index contributed by atoms with van der Waals surface area (Å²) in [6.45, 7) is 5.54. The summed E-state index contributed by atoms with van der Waals surface area (Å²) in [6.07, 6.45) is -0.125. The van der Waals surface area contributed by atoms with Crippen LogP contribution in [0.2, 0.25) is 0 Å². The van der Waals surface area contributed by atoms with Crippen molar-refractivity contribution in [2.45, 2.75) is 39.7 Å². The predicted molar refractivity (Wildman–Crippen MR) is 60.3 cm³/mol. The minimum Gasteiger partial charge on any atom is -0.480 e. The van der Waals surface area contributed by atoms with Gasteiger partial charge in [-0.3, -0.25) is 9.59 Å². The Bertz CT molecular complexity index is 288. The molecule has 6 nitrogen and oxygen atoms in total. The summed E-state index contributed by atoms with van der Waals surface area (Å²) in [7, 11) is 0. The van der Waals surface area contributed by atoms with Crippen LogP contribution >= 0.6 is 0 Å². The maximum absolute atomic E-state index is 11.3. The van der Waals surface area contributed by atoms with Gasteiger partial charge in [-0.25, -0.2) is 4.79 Å². The lowest BCUT2D eigenvalue weighted by molar-refractivity contribution is -0.148. The fraction of sp³-hybridized carbons (Fsp3) is 0.727. The number of ether oxygens (including phenoxy) is 1. The van der Waals surface area contributed by atoms with Gasteiger partial charge in [0.1, 0.15) is 12.5 Å². The molecule has 0 radical (unpaired) electrons. The van der Waals surface area contributed by atoms with E-state index in [-0.39, 0.29) is 12.5 Å². The molecular formula is C11H19NO5. The van der Waals surface area contributed by atoms with Crippen molar-refractivity contribution in [3.05, 3.63) is 0 Å².